The summed E-state index contributed by atoms with van der Waals surface area (Å²) in [7, 11) is 0. The Balaban J connectivity index is 3.29. The molecule has 0 aliphatic carbocycles. The summed E-state index contributed by atoms with van der Waals surface area (Å²) >= 11 is 0. The van der Waals surface area contributed by atoms with Crippen molar-refractivity contribution in [2.75, 3.05) is 41.7 Å². The standard InChI is InChI=1S/C13H25N5/c1-6-17(7-2)12-11(14)13(16-10(5)15-12)18(8-3)9-4/h6-9,14H2,1-5H3. The zero-order chi connectivity index (χ0) is 13.7. The minimum absolute atomic E-state index is 0.688. The Hall–Kier alpha value is -1.52. The summed E-state index contributed by atoms with van der Waals surface area (Å²) in [4.78, 5) is 13.3. The first-order valence-corrected chi connectivity index (χ1v) is 6.72. The first-order chi connectivity index (χ1) is 8.58. The Morgan fingerprint density at radius 1 is 0.833 bits per heavy atom. The van der Waals surface area contributed by atoms with Crippen LogP contribution >= 0.6 is 0 Å². The lowest BCUT2D eigenvalue weighted by Gasteiger charge is -2.27. The molecule has 0 amide bonds. The van der Waals surface area contributed by atoms with Gasteiger partial charge in [0.25, 0.3) is 0 Å². The van der Waals surface area contributed by atoms with Crippen molar-refractivity contribution in [1.82, 2.24) is 9.97 Å². The molecule has 0 unspecified atom stereocenters. The largest absolute Gasteiger partial charge is 0.393 e. The van der Waals surface area contributed by atoms with E-state index in [4.69, 9.17) is 5.73 Å². The van der Waals surface area contributed by atoms with Crippen LogP contribution in [0.4, 0.5) is 17.3 Å². The molecule has 1 heterocycles. The average Bonchev–Trinajstić information content (AvgIpc) is 2.37. The van der Waals surface area contributed by atoms with Gasteiger partial charge in [0.1, 0.15) is 11.5 Å². The first kappa shape index (κ1) is 14.5. The van der Waals surface area contributed by atoms with Crippen molar-refractivity contribution >= 4 is 17.3 Å². The van der Waals surface area contributed by atoms with Crippen molar-refractivity contribution in [2.24, 2.45) is 0 Å². The third-order valence-electron chi connectivity index (χ3n) is 3.14. The van der Waals surface area contributed by atoms with E-state index in [9.17, 15) is 0 Å². The molecule has 0 saturated heterocycles. The van der Waals surface area contributed by atoms with Crippen LogP contribution in [0.25, 0.3) is 0 Å². The molecule has 1 aromatic heterocycles. The van der Waals surface area contributed by atoms with Gasteiger partial charge in [0.05, 0.1) is 0 Å². The van der Waals surface area contributed by atoms with E-state index >= 15 is 0 Å². The Morgan fingerprint density at radius 2 is 1.17 bits per heavy atom. The molecule has 18 heavy (non-hydrogen) atoms. The molecule has 0 fully saturated rings. The Bertz CT molecular complexity index is 350. The van der Waals surface area contributed by atoms with Gasteiger partial charge in [0.15, 0.2) is 11.6 Å². The van der Waals surface area contributed by atoms with Crippen molar-refractivity contribution in [3.8, 4) is 0 Å². The monoisotopic (exact) mass is 251 g/mol. The predicted molar refractivity (Wildman–Crippen MR) is 78.3 cm³/mol. The molecule has 2 N–H and O–H groups in total. The molecule has 0 spiro atoms. The summed E-state index contributed by atoms with van der Waals surface area (Å²) in [6.45, 7) is 13.9. The number of anilines is 3. The fourth-order valence-electron chi connectivity index (χ4n) is 2.08. The quantitative estimate of drug-likeness (QED) is 0.838. The fraction of sp³-hybridized carbons (Fsp3) is 0.692. The van der Waals surface area contributed by atoms with Crippen molar-refractivity contribution in [2.45, 2.75) is 34.6 Å². The maximum absolute atomic E-state index is 6.25. The first-order valence-electron chi connectivity index (χ1n) is 6.72. The molecule has 5 heteroatoms. The van der Waals surface area contributed by atoms with Crippen molar-refractivity contribution in [3.63, 3.8) is 0 Å². The van der Waals surface area contributed by atoms with Gasteiger partial charge in [-0.1, -0.05) is 0 Å². The highest BCUT2D eigenvalue weighted by Crippen LogP contribution is 2.29. The molecule has 0 aliphatic rings. The molecular formula is C13H25N5. The number of aromatic nitrogens is 2. The van der Waals surface area contributed by atoms with Crippen molar-refractivity contribution in [3.05, 3.63) is 5.82 Å². The molecule has 0 atom stereocenters. The highest BCUT2D eigenvalue weighted by atomic mass is 15.3. The minimum atomic E-state index is 0.688. The smallest absolute Gasteiger partial charge is 0.157 e. The average molecular weight is 251 g/mol. The second-order valence-corrected chi connectivity index (χ2v) is 4.18. The molecule has 0 saturated carbocycles. The van der Waals surface area contributed by atoms with Crippen LogP contribution in [0.15, 0.2) is 0 Å². The highest BCUT2D eigenvalue weighted by Gasteiger charge is 2.17. The Labute approximate surface area is 110 Å². The maximum atomic E-state index is 6.25. The second-order valence-electron chi connectivity index (χ2n) is 4.18. The summed E-state index contributed by atoms with van der Waals surface area (Å²) in [5, 5.41) is 0. The Kier molecular flexibility index (Phi) is 5.19. The van der Waals surface area contributed by atoms with Crippen LogP contribution in [0.2, 0.25) is 0 Å². The zero-order valence-electron chi connectivity index (χ0n) is 12.2. The van der Waals surface area contributed by atoms with Crippen molar-refractivity contribution in [1.29, 1.82) is 0 Å². The molecule has 0 bridgehead atoms. The third-order valence-corrected chi connectivity index (χ3v) is 3.14. The van der Waals surface area contributed by atoms with Gasteiger partial charge in [-0.2, -0.15) is 0 Å². The number of rotatable bonds is 6. The lowest BCUT2D eigenvalue weighted by molar-refractivity contribution is 0.812. The van der Waals surface area contributed by atoms with E-state index < -0.39 is 0 Å². The van der Waals surface area contributed by atoms with E-state index in [0.29, 0.717) is 5.69 Å². The van der Waals surface area contributed by atoms with Gasteiger partial charge in [-0.15, -0.1) is 0 Å². The summed E-state index contributed by atoms with van der Waals surface area (Å²) in [5.41, 5.74) is 6.94. The minimum Gasteiger partial charge on any atom is -0.393 e. The lowest BCUT2D eigenvalue weighted by Crippen LogP contribution is -2.29. The highest BCUT2D eigenvalue weighted by molar-refractivity contribution is 5.76. The number of hydrogen-bond donors (Lipinski definition) is 1. The summed E-state index contributed by atoms with van der Waals surface area (Å²) in [5.74, 6) is 2.48. The van der Waals surface area contributed by atoms with Crippen LogP contribution in [-0.4, -0.2) is 36.1 Å². The molecule has 0 radical (unpaired) electrons. The summed E-state index contributed by atoms with van der Waals surface area (Å²) in [6.07, 6.45) is 0. The lowest BCUT2D eigenvalue weighted by atomic mass is 10.3. The van der Waals surface area contributed by atoms with E-state index in [2.05, 4.69) is 47.5 Å². The van der Waals surface area contributed by atoms with Gasteiger partial charge in [-0.05, 0) is 34.6 Å². The van der Waals surface area contributed by atoms with Crippen LogP contribution in [0, 0.1) is 6.92 Å². The Morgan fingerprint density at radius 3 is 1.44 bits per heavy atom. The van der Waals surface area contributed by atoms with Crippen LogP contribution in [0.5, 0.6) is 0 Å². The van der Waals surface area contributed by atoms with Crippen LogP contribution < -0.4 is 15.5 Å². The molecular weight excluding hydrogens is 226 g/mol. The fourth-order valence-corrected chi connectivity index (χ4v) is 2.08. The zero-order valence-corrected chi connectivity index (χ0v) is 12.2. The number of hydrogen-bond acceptors (Lipinski definition) is 5. The number of aryl methyl sites for hydroxylation is 1. The SMILES string of the molecule is CCN(CC)c1nc(C)nc(N(CC)CC)c1N. The summed E-state index contributed by atoms with van der Waals surface area (Å²) < 4.78 is 0. The number of nitrogen functional groups attached to an aromatic ring is 1. The topological polar surface area (TPSA) is 58.3 Å². The number of nitrogens with zero attached hydrogens (tertiary/aromatic N) is 4. The number of nitrogens with two attached hydrogens (primary N) is 1. The van der Waals surface area contributed by atoms with Crippen LogP contribution in [0.1, 0.15) is 33.5 Å². The molecule has 102 valence electrons. The van der Waals surface area contributed by atoms with Crippen LogP contribution in [0.3, 0.4) is 0 Å². The molecule has 0 aromatic carbocycles. The van der Waals surface area contributed by atoms with E-state index in [1.54, 1.807) is 0 Å². The molecule has 5 nitrogen and oxygen atoms in total. The third kappa shape index (κ3) is 2.83. The van der Waals surface area contributed by atoms with Crippen LogP contribution in [-0.2, 0) is 0 Å². The van der Waals surface area contributed by atoms with E-state index in [-0.39, 0.29) is 0 Å². The predicted octanol–water partition coefficient (Wildman–Crippen LogP) is 2.06. The van der Waals surface area contributed by atoms with E-state index in [1.807, 2.05) is 6.92 Å². The van der Waals surface area contributed by atoms with E-state index in [1.165, 1.54) is 0 Å². The van der Waals surface area contributed by atoms with E-state index in [0.717, 1.165) is 43.6 Å². The van der Waals surface area contributed by atoms with Gasteiger partial charge >= 0.3 is 0 Å². The summed E-state index contributed by atoms with van der Waals surface area (Å²) in [6, 6.07) is 0. The van der Waals surface area contributed by atoms with Gasteiger partial charge in [-0.3, -0.25) is 0 Å². The maximum Gasteiger partial charge on any atom is 0.157 e. The van der Waals surface area contributed by atoms with Gasteiger partial charge < -0.3 is 15.5 Å². The second kappa shape index (κ2) is 6.42. The van der Waals surface area contributed by atoms with Gasteiger partial charge in [-0.25, -0.2) is 9.97 Å². The molecule has 1 aromatic rings. The van der Waals surface area contributed by atoms with Gasteiger partial charge in [0.2, 0.25) is 0 Å². The molecule has 1 rings (SSSR count). The molecule has 0 aliphatic heterocycles. The van der Waals surface area contributed by atoms with Crippen molar-refractivity contribution < 1.29 is 0 Å². The van der Waals surface area contributed by atoms with Gasteiger partial charge in [0, 0.05) is 26.2 Å². The normalized spacial score (nSPS) is 10.5.